The zero-order valence-corrected chi connectivity index (χ0v) is 52.4. The van der Waals surface area contributed by atoms with Crippen LogP contribution in [0.1, 0.15) is 277 Å². The van der Waals surface area contributed by atoms with E-state index in [-0.39, 0.29) is 18.9 Å². The van der Waals surface area contributed by atoms with Crippen LogP contribution in [0.2, 0.25) is 0 Å². The molecule has 0 aromatic carbocycles. The highest BCUT2D eigenvalue weighted by Gasteiger charge is 2.53. The minimum absolute atomic E-state index is 0.237. The average Bonchev–Trinajstić information content (AvgIpc) is 3.65. The van der Waals surface area contributed by atoms with Gasteiger partial charge in [0.15, 0.2) is 18.9 Å². The van der Waals surface area contributed by atoms with Gasteiger partial charge in [0.25, 0.3) is 0 Å². The highest BCUT2D eigenvalue weighted by molar-refractivity contribution is 5.76. The minimum Gasteiger partial charge on any atom is -0.394 e. The van der Waals surface area contributed by atoms with E-state index in [0.717, 1.165) is 44.9 Å². The summed E-state index contributed by atoms with van der Waals surface area (Å²) in [5, 5.41) is 121. The van der Waals surface area contributed by atoms with Gasteiger partial charge in [-0.05, 0) is 12.8 Å². The Morgan fingerprint density at radius 2 is 0.679 bits per heavy atom. The standard InChI is InChI=1S/C65H125NO18/c1-3-5-7-9-11-13-15-17-19-21-22-23-24-25-26-27-28-30-32-34-36-38-40-42-49(70)48(66-53(71)43-41-39-37-35-33-31-29-20-18-16-14-12-10-8-6-4-2)47-79-63-59(77)56(74)61(51(45-68)81-63)84-65-60(78)57(75)62(52(46-69)82-65)83-64-58(76)55(73)54(72)50(44-67)80-64/h48-52,54-65,67-70,72-78H,3-47H2,1-2H3,(H,66,71). The fraction of sp³-hybridized carbons (Fsp3) is 0.985. The van der Waals surface area contributed by atoms with Crippen molar-refractivity contribution in [2.24, 2.45) is 0 Å². The summed E-state index contributed by atoms with van der Waals surface area (Å²) in [6.45, 7) is 1.84. The molecule has 0 saturated carbocycles. The number of carbonyl (C=O) groups excluding carboxylic acids is 1. The first-order valence-corrected chi connectivity index (χ1v) is 34.3. The predicted molar refractivity (Wildman–Crippen MR) is 324 cm³/mol. The lowest BCUT2D eigenvalue weighted by Crippen LogP contribution is -2.66. The highest BCUT2D eigenvalue weighted by atomic mass is 16.8. The van der Waals surface area contributed by atoms with Crippen molar-refractivity contribution in [1.82, 2.24) is 5.32 Å². The van der Waals surface area contributed by atoms with Crippen LogP contribution in [0.15, 0.2) is 0 Å². The number of aliphatic hydroxyl groups excluding tert-OH is 11. The van der Waals surface area contributed by atoms with Crippen LogP contribution in [0.5, 0.6) is 0 Å². The molecular formula is C65H125NO18. The quantitative estimate of drug-likeness (QED) is 0.0255. The second kappa shape index (κ2) is 48.6. The third kappa shape index (κ3) is 31.0. The maximum Gasteiger partial charge on any atom is 0.220 e. The molecule has 17 atom stereocenters. The van der Waals surface area contributed by atoms with E-state index in [2.05, 4.69) is 19.2 Å². The Hall–Kier alpha value is -1.21. The Kier molecular flexibility index (Phi) is 44.6. The summed E-state index contributed by atoms with van der Waals surface area (Å²) in [4.78, 5) is 13.4. The first kappa shape index (κ1) is 77.0. The van der Waals surface area contributed by atoms with E-state index in [4.69, 9.17) is 28.4 Å². The van der Waals surface area contributed by atoms with Crippen molar-refractivity contribution in [3.63, 3.8) is 0 Å². The van der Waals surface area contributed by atoms with E-state index >= 15 is 0 Å². The monoisotopic (exact) mass is 1210 g/mol. The van der Waals surface area contributed by atoms with E-state index in [1.807, 2.05) is 0 Å². The van der Waals surface area contributed by atoms with Gasteiger partial charge < -0.3 is 89.9 Å². The minimum atomic E-state index is -1.97. The summed E-state index contributed by atoms with van der Waals surface area (Å²) in [6.07, 6.45) is 23.2. The molecule has 3 fully saturated rings. The Morgan fingerprint density at radius 1 is 0.381 bits per heavy atom. The summed E-state index contributed by atoms with van der Waals surface area (Å²) in [7, 11) is 0. The van der Waals surface area contributed by atoms with Gasteiger partial charge in [0, 0.05) is 6.42 Å². The van der Waals surface area contributed by atoms with Crippen LogP contribution in [0.4, 0.5) is 0 Å². The summed E-state index contributed by atoms with van der Waals surface area (Å²) in [6, 6.07) is -0.881. The molecule has 19 heteroatoms. The summed E-state index contributed by atoms with van der Waals surface area (Å²) >= 11 is 0. The van der Waals surface area contributed by atoms with Crippen molar-refractivity contribution < 1.29 is 89.4 Å². The molecule has 3 heterocycles. The Labute approximate surface area is 506 Å². The molecule has 3 aliphatic rings. The van der Waals surface area contributed by atoms with E-state index in [1.54, 1.807) is 0 Å². The second-order valence-electron chi connectivity index (χ2n) is 25.0. The van der Waals surface area contributed by atoms with Crippen LogP contribution in [0, 0.1) is 0 Å². The van der Waals surface area contributed by atoms with E-state index < -0.39 is 124 Å². The SMILES string of the molecule is CCCCCCCCCCCCCCCCCCCCCCCCCC(O)C(COC1OC(CO)C(OC2OC(CO)C(OC3OC(CO)C(O)C(O)C3O)C(O)C2O)C(O)C1O)NC(=O)CCCCCCCCCCCCCCCCCC. The van der Waals surface area contributed by atoms with Gasteiger partial charge in [-0.1, -0.05) is 258 Å². The van der Waals surface area contributed by atoms with Gasteiger partial charge in [0.05, 0.1) is 38.6 Å². The molecule has 498 valence electrons. The Bertz CT molecular complexity index is 1540. The number of nitrogens with one attached hydrogen (secondary N) is 1. The van der Waals surface area contributed by atoms with Gasteiger partial charge in [0.1, 0.15) is 73.2 Å². The predicted octanol–water partition coefficient (Wildman–Crippen LogP) is 8.33. The van der Waals surface area contributed by atoms with Gasteiger partial charge in [0.2, 0.25) is 5.91 Å². The second-order valence-corrected chi connectivity index (χ2v) is 25.0. The highest BCUT2D eigenvalue weighted by Crippen LogP contribution is 2.33. The lowest BCUT2D eigenvalue weighted by molar-refractivity contribution is -0.379. The van der Waals surface area contributed by atoms with Crippen LogP contribution >= 0.6 is 0 Å². The zero-order chi connectivity index (χ0) is 61.2. The fourth-order valence-electron chi connectivity index (χ4n) is 12.1. The van der Waals surface area contributed by atoms with Gasteiger partial charge >= 0.3 is 0 Å². The number of rotatable bonds is 53. The van der Waals surface area contributed by atoms with Crippen molar-refractivity contribution in [2.45, 2.75) is 381 Å². The number of hydrogen-bond acceptors (Lipinski definition) is 18. The fourth-order valence-corrected chi connectivity index (χ4v) is 12.1. The van der Waals surface area contributed by atoms with Crippen molar-refractivity contribution in [3.8, 4) is 0 Å². The number of carbonyl (C=O) groups is 1. The third-order valence-electron chi connectivity index (χ3n) is 17.7. The number of aliphatic hydroxyl groups is 11. The smallest absolute Gasteiger partial charge is 0.220 e. The molecule has 84 heavy (non-hydrogen) atoms. The van der Waals surface area contributed by atoms with E-state index in [0.29, 0.717) is 12.8 Å². The van der Waals surface area contributed by atoms with Crippen molar-refractivity contribution in [3.05, 3.63) is 0 Å². The molecule has 12 N–H and O–H groups in total. The molecule has 0 aromatic heterocycles. The van der Waals surface area contributed by atoms with Crippen molar-refractivity contribution in [1.29, 1.82) is 0 Å². The first-order chi connectivity index (χ1) is 40.8. The van der Waals surface area contributed by atoms with Gasteiger partial charge in [-0.25, -0.2) is 0 Å². The molecule has 1 amide bonds. The lowest BCUT2D eigenvalue weighted by Gasteiger charge is -2.48. The van der Waals surface area contributed by atoms with Crippen LogP contribution in [0.3, 0.4) is 0 Å². The molecule has 0 bridgehead atoms. The average molecular weight is 1210 g/mol. The Balaban J connectivity index is 1.43. The molecule has 3 saturated heterocycles. The van der Waals surface area contributed by atoms with Crippen LogP contribution in [-0.4, -0.2) is 193 Å². The molecule has 0 spiro atoms. The number of hydrogen-bond donors (Lipinski definition) is 12. The summed E-state index contributed by atoms with van der Waals surface area (Å²) < 4.78 is 34.4. The van der Waals surface area contributed by atoms with E-state index in [1.165, 1.54) is 199 Å². The van der Waals surface area contributed by atoms with Gasteiger partial charge in [-0.3, -0.25) is 4.79 Å². The van der Waals surface area contributed by atoms with Crippen molar-refractivity contribution in [2.75, 3.05) is 26.4 Å². The number of unbranched alkanes of at least 4 members (excludes halogenated alkanes) is 37. The molecule has 0 aromatic rings. The molecular weight excluding hydrogens is 1080 g/mol. The van der Waals surface area contributed by atoms with Gasteiger partial charge in [-0.15, -0.1) is 0 Å². The van der Waals surface area contributed by atoms with Gasteiger partial charge in [-0.2, -0.15) is 0 Å². The summed E-state index contributed by atoms with van der Waals surface area (Å²) in [5.41, 5.74) is 0. The van der Waals surface area contributed by atoms with Crippen LogP contribution < -0.4 is 5.32 Å². The van der Waals surface area contributed by atoms with Crippen LogP contribution in [0.25, 0.3) is 0 Å². The molecule has 3 rings (SSSR count). The first-order valence-electron chi connectivity index (χ1n) is 34.3. The Morgan fingerprint density at radius 3 is 1.04 bits per heavy atom. The molecule has 3 aliphatic heterocycles. The van der Waals surface area contributed by atoms with Crippen molar-refractivity contribution >= 4 is 5.91 Å². The molecule has 19 nitrogen and oxygen atoms in total. The largest absolute Gasteiger partial charge is 0.394 e. The normalized spacial score (nSPS) is 29.1. The lowest BCUT2D eigenvalue weighted by atomic mass is 9.96. The summed E-state index contributed by atoms with van der Waals surface area (Å²) in [5.74, 6) is -0.237. The number of amides is 1. The molecule has 0 radical (unpaired) electrons. The zero-order valence-electron chi connectivity index (χ0n) is 52.4. The topological polar surface area (TPSA) is 307 Å². The van der Waals surface area contributed by atoms with E-state index in [9.17, 15) is 61.0 Å². The third-order valence-corrected chi connectivity index (χ3v) is 17.7. The maximum absolute atomic E-state index is 13.4. The molecule has 17 unspecified atom stereocenters. The van der Waals surface area contributed by atoms with Crippen LogP contribution in [-0.2, 0) is 33.2 Å². The maximum atomic E-state index is 13.4. The molecule has 0 aliphatic carbocycles. The number of ether oxygens (including phenoxy) is 6.